The van der Waals surface area contributed by atoms with Crippen LogP contribution in [0.4, 0.5) is 5.69 Å². The number of anilines is 1. The van der Waals surface area contributed by atoms with Crippen LogP contribution in [0.25, 0.3) is 5.65 Å². The van der Waals surface area contributed by atoms with Gasteiger partial charge in [0.25, 0.3) is 0 Å². The Labute approximate surface area is 125 Å². The lowest BCUT2D eigenvalue weighted by molar-refractivity contribution is 0.530. The molecule has 0 aromatic carbocycles. The van der Waals surface area contributed by atoms with E-state index in [0.717, 1.165) is 30.1 Å². The van der Waals surface area contributed by atoms with Crippen LogP contribution in [0.5, 0.6) is 0 Å². The molecule has 21 heavy (non-hydrogen) atoms. The van der Waals surface area contributed by atoms with Crippen molar-refractivity contribution in [3.8, 4) is 0 Å². The predicted octanol–water partition coefficient (Wildman–Crippen LogP) is 2.19. The third-order valence-corrected chi connectivity index (χ3v) is 4.08. The summed E-state index contributed by atoms with van der Waals surface area (Å²) in [6.07, 6.45) is 6.84. The first-order chi connectivity index (χ1) is 10.2. The normalized spacial score (nSPS) is 19.9. The van der Waals surface area contributed by atoms with Gasteiger partial charge in [0.15, 0.2) is 0 Å². The lowest BCUT2D eigenvalue weighted by Gasteiger charge is -2.18. The molecular weight excluding hydrogens is 264 g/mol. The third-order valence-electron chi connectivity index (χ3n) is 4.08. The molecule has 2 aromatic rings. The Morgan fingerprint density at radius 3 is 3.14 bits per heavy atom. The van der Waals surface area contributed by atoms with Crippen LogP contribution in [0, 0.1) is 0 Å². The molecule has 0 aliphatic carbocycles. The monoisotopic (exact) mass is 288 g/mol. The number of hydrogen-bond acceptors (Lipinski definition) is 5. The highest BCUT2D eigenvalue weighted by Gasteiger charge is 2.14. The molecule has 1 unspecified atom stereocenters. The van der Waals surface area contributed by atoms with Crippen LogP contribution in [0.15, 0.2) is 12.4 Å². The molecule has 6 nitrogen and oxygen atoms in total. The van der Waals surface area contributed by atoms with Gasteiger partial charge in [-0.3, -0.25) is 0 Å². The zero-order chi connectivity index (χ0) is 14.7. The van der Waals surface area contributed by atoms with Crippen molar-refractivity contribution < 1.29 is 0 Å². The Bertz CT molecular complexity index is 583. The Morgan fingerprint density at radius 1 is 1.38 bits per heavy atom. The number of aromatic nitrogens is 4. The van der Waals surface area contributed by atoms with Crippen LogP contribution in [-0.2, 0) is 0 Å². The molecule has 1 aliphatic heterocycles. The smallest absolute Gasteiger partial charge is 0.200 e. The van der Waals surface area contributed by atoms with Gasteiger partial charge in [-0.25, -0.2) is 0 Å². The van der Waals surface area contributed by atoms with Crippen LogP contribution in [0.2, 0.25) is 0 Å². The van der Waals surface area contributed by atoms with Gasteiger partial charge < -0.3 is 10.6 Å². The molecule has 1 atom stereocenters. The van der Waals surface area contributed by atoms with E-state index in [1.165, 1.54) is 25.7 Å². The molecule has 114 valence electrons. The van der Waals surface area contributed by atoms with Crippen molar-refractivity contribution >= 4 is 11.3 Å². The van der Waals surface area contributed by atoms with Gasteiger partial charge in [-0.2, -0.15) is 9.61 Å². The summed E-state index contributed by atoms with van der Waals surface area (Å²) in [5, 5.41) is 19.8. The minimum absolute atomic E-state index is 0.383. The summed E-state index contributed by atoms with van der Waals surface area (Å²) >= 11 is 0. The molecular formula is C15H24N6. The van der Waals surface area contributed by atoms with E-state index >= 15 is 0 Å². The number of hydrogen-bond donors (Lipinski definition) is 2. The lowest BCUT2D eigenvalue weighted by atomic mass is 10.1. The van der Waals surface area contributed by atoms with Crippen LogP contribution in [0.3, 0.4) is 0 Å². The number of rotatable bonds is 4. The molecule has 2 aromatic heterocycles. The van der Waals surface area contributed by atoms with Crippen molar-refractivity contribution in [3.05, 3.63) is 18.1 Å². The van der Waals surface area contributed by atoms with E-state index in [9.17, 15) is 0 Å². The summed E-state index contributed by atoms with van der Waals surface area (Å²) in [6, 6.07) is 2.64. The van der Waals surface area contributed by atoms with Crippen LogP contribution in [0.1, 0.15) is 51.1 Å². The fourth-order valence-corrected chi connectivity index (χ4v) is 2.77. The second-order valence-electron chi connectivity index (χ2n) is 6.12. The quantitative estimate of drug-likeness (QED) is 0.902. The highest BCUT2D eigenvalue weighted by molar-refractivity contribution is 5.66. The van der Waals surface area contributed by atoms with Gasteiger partial charge in [0.1, 0.15) is 6.33 Å². The van der Waals surface area contributed by atoms with Crippen molar-refractivity contribution in [2.45, 2.75) is 51.5 Å². The first kappa shape index (κ1) is 14.3. The number of nitrogens with one attached hydrogen (secondary N) is 2. The molecule has 1 aliphatic rings. The first-order valence-corrected chi connectivity index (χ1v) is 7.92. The lowest BCUT2D eigenvalue weighted by Crippen LogP contribution is -2.34. The van der Waals surface area contributed by atoms with Crippen molar-refractivity contribution in [3.63, 3.8) is 0 Å². The van der Waals surface area contributed by atoms with Gasteiger partial charge in [0.2, 0.25) is 5.65 Å². The minimum Gasteiger partial charge on any atom is -0.380 e. The van der Waals surface area contributed by atoms with Gasteiger partial charge in [-0.15, -0.1) is 10.2 Å². The highest BCUT2D eigenvalue weighted by Crippen LogP contribution is 2.20. The maximum Gasteiger partial charge on any atom is 0.200 e. The molecule has 1 saturated heterocycles. The maximum absolute atomic E-state index is 4.54. The minimum atomic E-state index is 0.383. The molecule has 2 N–H and O–H groups in total. The zero-order valence-corrected chi connectivity index (χ0v) is 12.8. The van der Waals surface area contributed by atoms with E-state index in [1.54, 1.807) is 10.8 Å². The van der Waals surface area contributed by atoms with Crippen molar-refractivity contribution in [1.82, 2.24) is 25.1 Å². The average Bonchev–Trinajstić information content (AvgIpc) is 2.80. The molecule has 0 radical (unpaired) electrons. The van der Waals surface area contributed by atoms with E-state index < -0.39 is 0 Å². The van der Waals surface area contributed by atoms with Gasteiger partial charge in [-0.05, 0) is 31.4 Å². The first-order valence-electron chi connectivity index (χ1n) is 7.92. The van der Waals surface area contributed by atoms with Crippen LogP contribution >= 0.6 is 0 Å². The van der Waals surface area contributed by atoms with Gasteiger partial charge in [0.05, 0.1) is 11.4 Å². The number of fused-ring (bicyclic) bond motifs is 1. The van der Waals surface area contributed by atoms with E-state index in [4.69, 9.17) is 0 Å². The fourth-order valence-electron chi connectivity index (χ4n) is 2.77. The topological polar surface area (TPSA) is 67.1 Å². The zero-order valence-electron chi connectivity index (χ0n) is 12.8. The third kappa shape index (κ3) is 3.32. The second-order valence-corrected chi connectivity index (χ2v) is 6.12. The molecule has 6 heteroatoms. The average molecular weight is 288 g/mol. The standard InChI is InChI=1S/C15H24N6/c1-11(2)13-8-14(15-19-18-10-21(15)20-13)17-9-12-6-4-3-5-7-16-12/h8,10-12,16-17H,3-7,9H2,1-2H3. The molecule has 0 amide bonds. The summed E-state index contributed by atoms with van der Waals surface area (Å²) in [6.45, 7) is 6.34. The van der Waals surface area contributed by atoms with Crippen molar-refractivity contribution in [2.24, 2.45) is 0 Å². The Hall–Kier alpha value is -1.69. The molecule has 1 fully saturated rings. The molecule has 3 heterocycles. The molecule has 3 rings (SSSR count). The maximum atomic E-state index is 4.54. The van der Waals surface area contributed by atoms with Gasteiger partial charge in [-0.1, -0.05) is 26.7 Å². The Kier molecular flexibility index (Phi) is 4.34. The van der Waals surface area contributed by atoms with E-state index in [-0.39, 0.29) is 0 Å². The summed E-state index contributed by atoms with van der Waals surface area (Å²) in [5.41, 5.74) is 2.88. The van der Waals surface area contributed by atoms with Crippen LogP contribution in [-0.4, -0.2) is 38.9 Å². The summed E-state index contributed by atoms with van der Waals surface area (Å²) in [7, 11) is 0. The fraction of sp³-hybridized carbons (Fsp3) is 0.667. The largest absolute Gasteiger partial charge is 0.380 e. The molecule has 0 spiro atoms. The van der Waals surface area contributed by atoms with E-state index in [1.807, 2.05) is 0 Å². The van der Waals surface area contributed by atoms with Crippen molar-refractivity contribution in [2.75, 3.05) is 18.4 Å². The second kappa shape index (κ2) is 6.39. The van der Waals surface area contributed by atoms with Gasteiger partial charge >= 0.3 is 0 Å². The highest BCUT2D eigenvalue weighted by atomic mass is 15.3. The summed E-state index contributed by atoms with van der Waals surface area (Å²) in [4.78, 5) is 0. The SMILES string of the molecule is CC(C)c1cc(NCC2CCCCCN2)c2nncn2n1. The summed E-state index contributed by atoms with van der Waals surface area (Å²) < 4.78 is 1.76. The molecule has 0 bridgehead atoms. The van der Waals surface area contributed by atoms with Gasteiger partial charge in [0, 0.05) is 12.6 Å². The Morgan fingerprint density at radius 2 is 2.29 bits per heavy atom. The Balaban J connectivity index is 1.77. The number of nitrogens with zero attached hydrogens (tertiary/aromatic N) is 4. The molecule has 0 saturated carbocycles. The van der Waals surface area contributed by atoms with E-state index in [2.05, 4.69) is 45.8 Å². The summed E-state index contributed by atoms with van der Waals surface area (Å²) in [5.74, 6) is 0.383. The van der Waals surface area contributed by atoms with Crippen molar-refractivity contribution in [1.29, 1.82) is 0 Å². The van der Waals surface area contributed by atoms with Crippen LogP contribution < -0.4 is 10.6 Å². The van der Waals surface area contributed by atoms with E-state index in [0.29, 0.717) is 12.0 Å². The predicted molar refractivity (Wildman–Crippen MR) is 83.6 cm³/mol.